The molecule has 1 aliphatic rings. The van der Waals surface area contributed by atoms with Gasteiger partial charge in [0.15, 0.2) is 17.3 Å². The summed E-state index contributed by atoms with van der Waals surface area (Å²) in [6.45, 7) is 4.36. The van der Waals surface area contributed by atoms with Crippen molar-refractivity contribution in [2.24, 2.45) is 0 Å². The second kappa shape index (κ2) is 11.4. The van der Waals surface area contributed by atoms with Crippen LogP contribution in [0.25, 0.3) is 5.76 Å². The SMILES string of the molecule is CCOc1ccc(C(O)=C2C(=O)C(=O)N(c3cc(C)on3)C2c2ccc(OCc3ccccc3)c(OC)c2)cc1. The molecule has 1 N–H and O–H groups in total. The summed E-state index contributed by atoms with van der Waals surface area (Å²) in [4.78, 5) is 28.0. The van der Waals surface area contributed by atoms with Crippen LogP contribution in [0.15, 0.2) is 89.0 Å². The molecule has 1 amide bonds. The lowest BCUT2D eigenvalue weighted by Crippen LogP contribution is -2.29. The molecule has 1 unspecified atom stereocenters. The maximum absolute atomic E-state index is 13.4. The summed E-state index contributed by atoms with van der Waals surface area (Å²) >= 11 is 0. The van der Waals surface area contributed by atoms with Crippen molar-refractivity contribution in [1.29, 1.82) is 0 Å². The normalized spacial score (nSPS) is 16.3. The fourth-order valence-electron chi connectivity index (χ4n) is 4.59. The Morgan fingerprint density at radius 1 is 0.975 bits per heavy atom. The number of rotatable bonds is 9. The lowest BCUT2D eigenvalue weighted by molar-refractivity contribution is -0.132. The van der Waals surface area contributed by atoms with E-state index in [2.05, 4.69) is 5.16 Å². The predicted octanol–water partition coefficient (Wildman–Crippen LogP) is 5.60. The van der Waals surface area contributed by atoms with Crippen molar-refractivity contribution < 1.29 is 33.4 Å². The number of aryl methyl sites for hydroxylation is 1. The van der Waals surface area contributed by atoms with Gasteiger partial charge in [0.1, 0.15) is 23.9 Å². The number of ketones is 1. The van der Waals surface area contributed by atoms with Gasteiger partial charge in [-0.2, -0.15) is 0 Å². The van der Waals surface area contributed by atoms with Gasteiger partial charge in [0.2, 0.25) is 0 Å². The Kier molecular flexibility index (Phi) is 7.54. The molecule has 5 rings (SSSR count). The van der Waals surface area contributed by atoms with Crippen molar-refractivity contribution in [3.63, 3.8) is 0 Å². The number of aliphatic hydroxyl groups is 1. The predicted molar refractivity (Wildman–Crippen MR) is 147 cm³/mol. The molecule has 0 spiro atoms. The number of anilines is 1. The van der Waals surface area contributed by atoms with E-state index in [9.17, 15) is 14.7 Å². The monoisotopic (exact) mass is 540 g/mol. The van der Waals surface area contributed by atoms with Crippen LogP contribution in [0, 0.1) is 6.92 Å². The van der Waals surface area contributed by atoms with Gasteiger partial charge in [0, 0.05) is 11.6 Å². The molecule has 204 valence electrons. The number of aliphatic hydroxyl groups excluding tert-OH is 1. The van der Waals surface area contributed by atoms with E-state index in [1.807, 2.05) is 37.3 Å². The number of Topliss-reactive ketones (excluding diaryl/α,β-unsaturated/α-hetero) is 1. The molecule has 3 aromatic carbocycles. The number of amides is 1. The van der Waals surface area contributed by atoms with Gasteiger partial charge in [-0.05, 0) is 61.4 Å². The molecule has 0 bridgehead atoms. The van der Waals surface area contributed by atoms with Crippen LogP contribution in [0.4, 0.5) is 5.82 Å². The zero-order chi connectivity index (χ0) is 28.2. The molecule has 4 aromatic rings. The van der Waals surface area contributed by atoms with Crippen LogP contribution in [0.1, 0.15) is 35.4 Å². The van der Waals surface area contributed by atoms with Gasteiger partial charge in [-0.25, -0.2) is 0 Å². The molecule has 0 saturated carbocycles. The van der Waals surface area contributed by atoms with Crippen molar-refractivity contribution in [2.45, 2.75) is 26.5 Å². The van der Waals surface area contributed by atoms with E-state index >= 15 is 0 Å². The summed E-state index contributed by atoms with van der Waals surface area (Å²) in [6, 6.07) is 22.0. The average Bonchev–Trinajstić information content (AvgIpc) is 3.52. The minimum Gasteiger partial charge on any atom is -0.507 e. The lowest BCUT2D eigenvalue weighted by atomic mass is 9.95. The van der Waals surface area contributed by atoms with Crippen molar-refractivity contribution in [3.05, 3.63) is 107 Å². The number of ether oxygens (including phenoxy) is 3. The molecule has 9 nitrogen and oxygen atoms in total. The van der Waals surface area contributed by atoms with Crippen molar-refractivity contribution in [2.75, 3.05) is 18.6 Å². The van der Waals surface area contributed by atoms with Crippen LogP contribution in [0.5, 0.6) is 17.2 Å². The van der Waals surface area contributed by atoms with Gasteiger partial charge in [0.25, 0.3) is 5.78 Å². The van der Waals surface area contributed by atoms with Crippen molar-refractivity contribution in [3.8, 4) is 17.2 Å². The first kappa shape index (κ1) is 26.6. The highest BCUT2D eigenvalue weighted by atomic mass is 16.5. The molecule has 2 heterocycles. The molecule has 1 fully saturated rings. The largest absolute Gasteiger partial charge is 0.507 e. The highest BCUT2D eigenvalue weighted by Gasteiger charge is 2.48. The van der Waals surface area contributed by atoms with Gasteiger partial charge < -0.3 is 23.8 Å². The molecule has 0 radical (unpaired) electrons. The summed E-state index contributed by atoms with van der Waals surface area (Å²) in [5.41, 5.74) is 1.77. The Morgan fingerprint density at radius 3 is 2.38 bits per heavy atom. The Balaban J connectivity index is 1.58. The Bertz CT molecular complexity index is 1560. The van der Waals surface area contributed by atoms with Crippen LogP contribution < -0.4 is 19.1 Å². The topological polar surface area (TPSA) is 111 Å². The van der Waals surface area contributed by atoms with Crippen LogP contribution in [0.3, 0.4) is 0 Å². The number of benzene rings is 3. The molecule has 1 aliphatic heterocycles. The first-order chi connectivity index (χ1) is 19.4. The van der Waals surface area contributed by atoms with E-state index in [1.54, 1.807) is 55.5 Å². The van der Waals surface area contributed by atoms with Crippen LogP contribution in [-0.4, -0.2) is 35.7 Å². The van der Waals surface area contributed by atoms with E-state index in [0.29, 0.717) is 47.3 Å². The molecular weight excluding hydrogens is 512 g/mol. The molecule has 1 atom stereocenters. The summed E-state index contributed by atoms with van der Waals surface area (Å²) in [7, 11) is 1.51. The first-order valence-corrected chi connectivity index (χ1v) is 12.7. The van der Waals surface area contributed by atoms with E-state index < -0.39 is 17.7 Å². The highest BCUT2D eigenvalue weighted by molar-refractivity contribution is 6.51. The second-order valence-corrected chi connectivity index (χ2v) is 9.11. The lowest BCUT2D eigenvalue weighted by Gasteiger charge is -2.24. The van der Waals surface area contributed by atoms with Crippen molar-refractivity contribution in [1.82, 2.24) is 5.16 Å². The summed E-state index contributed by atoms with van der Waals surface area (Å²) in [6.07, 6.45) is 0. The zero-order valence-corrected chi connectivity index (χ0v) is 22.3. The maximum atomic E-state index is 13.4. The second-order valence-electron chi connectivity index (χ2n) is 9.11. The van der Waals surface area contributed by atoms with Gasteiger partial charge in [-0.3, -0.25) is 14.5 Å². The summed E-state index contributed by atoms with van der Waals surface area (Å²) in [5, 5.41) is 15.3. The molecule has 40 heavy (non-hydrogen) atoms. The maximum Gasteiger partial charge on any atom is 0.301 e. The summed E-state index contributed by atoms with van der Waals surface area (Å²) in [5.74, 6) is 0.104. The quantitative estimate of drug-likeness (QED) is 0.166. The fraction of sp³-hybridized carbons (Fsp3) is 0.194. The number of aromatic nitrogens is 1. The van der Waals surface area contributed by atoms with Gasteiger partial charge >= 0.3 is 5.91 Å². The minimum absolute atomic E-state index is 0.0881. The van der Waals surface area contributed by atoms with E-state index in [-0.39, 0.29) is 17.2 Å². The van der Waals surface area contributed by atoms with Crippen LogP contribution >= 0.6 is 0 Å². The van der Waals surface area contributed by atoms with E-state index in [1.165, 1.54) is 12.0 Å². The van der Waals surface area contributed by atoms with E-state index in [0.717, 1.165) is 5.56 Å². The van der Waals surface area contributed by atoms with Gasteiger partial charge in [0.05, 0.1) is 25.3 Å². The number of carbonyl (C=O) groups excluding carboxylic acids is 2. The van der Waals surface area contributed by atoms with E-state index in [4.69, 9.17) is 18.7 Å². The third kappa shape index (κ3) is 5.13. The number of hydrogen-bond acceptors (Lipinski definition) is 8. The third-order valence-corrected chi connectivity index (χ3v) is 6.49. The minimum atomic E-state index is -1.01. The highest BCUT2D eigenvalue weighted by Crippen LogP contribution is 2.44. The number of carbonyl (C=O) groups is 2. The Morgan fingerprint density at radius 2 is 1.73 bits per heavy atom. The standard InChI is InChI=1S/C31H28N2O7/c1-4-38-23-13-10-21(11-14-23)29(34)27-28(33(31(36)30(27)35)26-16-19(2)40-32-26)22-12-15-24(25(17-22)37-3)39-18-20-8-6-5-7-9-20/h5-17,28,34H,4,18H2,1-3H3. The molecular formula is C31H28N2O7. The average molecular weight is 541 g/mol. The van der Waals surface area contributed by atoms with Gasteiger partial charge in [-0.1, -0.05) is 41.6 Å². The Hall–Kier alpha value is -5.05. The molecule has 1 saturated heterocycles. The molecule has 9 heteroatoms. The zero-order valence-electron chi connectivity index (χ0n) is 22.3. The van der Waals surface area contributed by atoms with Crippen LogP contribution in [-0.2, 0) is 16.2 Å². The summed E-state index contributed by atoms with van der Waals surface area (Å²) < 4.78 is 22.3. The molecule has 1 aromatic heterocycles. The number of nitrogens with zero attached hydrogens (tertiary/aromatic N) is 2. The number of hydrogen-bond donors (Lipinski definition) is 1. The Labute approximate surface area is 231 Å². The number of methoxy groups -OCH3 is 1. The van der Waals surface area contributed by atoms with Crippen LogP contribution in [0.2, 0.25) is 0 Å². The third-order valence-electron chi connectivity index (χ3n) is 6.49. The fourth-order valence-corrected chi connectivity index (χ4v) is 4.59. The molecule has 0 aliphatic carbocycles. The van der Waals surface area contributed by atoms with Crippen molar-refractivity contribution >= 4 is 23.3 Å². The smallest absolute Gasteiger partial charge is 0.301 e. The van der Waals surface area contributed by atoms with Gasteiger partial charge in [-0.15, -0.1) is 0 Å². The first-order valence-electron chi connectivity index (χ1n) is 12.7.